The maximum absolute atomic E-state index is 13.8. The van der Waals surface area contributed by atoms with Crippen LogP contribution in [0.1, 0.15) is 12.5 Å². The van der Waals surface area contributed by atoms with Crippen LogP contribution in [0.5, 0.6) is 0 Å². The highest BCUT2D eigenvalue weighted by atomic mass is 32.2. The zero-order valence-corrected chi connectivity index (χ0v) is 12.0. The molecular formula is C14H14F2N2O2S. The summed E-state index contributed by atoms with van der Waals surface area (Å²) in [7, 11) is -4.38. The average Bonchev–Trinajstić information content (AvgIpc) is 2.37. The molecule has 4 nitrogen and oxygen atoms in total. The summed E-state index contributed by atoms with van der Waals surface area (Å²) in [6.07, 6.45) is 0.575. The molecule has 0 aliphatic heterocycles. The molecule has 2 aromatic carbocycles. The van der Waals surface area contributed by atoms with Gasteiger partial charge < -0.3 is 5.73 Å². The van der Waals surface area contributed by atoms with E-state index in [1.54, 1.807) is 18.2 Å². The molecule has 3 N–H and O–H groups in total. The monoisotopic (exact) mass is 312 g/mol. The van der Waals surface area contributed by atoms with Crippen LogP contribution in [0, 0.1) is 11.6 Å². The fourth-order valence-corrected chi connectivity index (χ4v) is 3.18. The number of aryl methyl sites for hydroxylation is 1. The second-order valence-electron chi connectivity index (χ2n) is 4.43. The van der Waals surface area contributed by atoms with Gasteiger partial charge in [0.25, 0.3) is 10.0 Å². The van der Waals surface area contributed by atoms with Crippen LogP contribution in [0.2, 0.25) is 0 Å². The number of nitrogens with one attached hydrogen (secondary N) is 1. The Labute approximate surface area is 121 Å². The van der Waals surface area contributed by atoms with Crippen LogP contribution in [0.25, 0.3) is 0 Å². The van der Waals surface area contributed by atoms with E-state index in [9.17, 15) is 17.2 Å². The Bertz CT molecular complexity index is 753. The number of hydrogen-bond donors (Lipinski definition) is 2. The molecule has 0 atom stereocenters. The molecule has 0 radical (unpaired) electrons. The number of hydrogen-bond acceptors (Lipinski definition) is 3. The summed E-state index contributed by atoms with van der Waals surface area (Å²) >= 11 is 0. The largest absolute Gasteiger partial charge is 0.399 e. The van der Waals surface area contributed by atoms with Gasteiger partial charge in [-0.3, -0.25) is 4.72 Å². The van der Waals surface area contributed by atoms with E-state index in [0.29, 0.717) is 6.42 Å². The standard InChI is InChI=1S/C14H14F2N2O2S/c1-2-9-5-3-4-6-13(9)18-21(19,20)14-11(15)7-10(17)8-12(14)16/h3-8,18H,2,17H2,1H3. The number of nitrogen functional groups attached to an aromatic ring is 1. The molecule has 21 heavy (non-hydrogen) atoms. The fourth-order valence-electron chi connectivity index (χ4n) is 1.96. The molecule has 0 aliphatic carbocycles. The summed E-state index contributed by atoms with van der Waals surface area (Å²) in [5.74, 6) is -2.46. The number of rotatable bonds is 4. The highest BCUT2D eigenvalue weighted by Gasteiger charge is 2.25. The van der Waals surface area contributed by atoms with Crippen molar-refractivity contribution in [3.05, 3.63) is 53.6 Å². The van der Waals surface area contributed by atoms with Gasteiger partial charge in [-0.2, -0.15) is 0 Å². The Balaban J connectivity index is 2.49. The minimum absolute atomic E-state index is 0.182. The maximum Gasteiger partial charge on any atom is 0.267 e. The van der Waals surface area contributed by atoms with Gasteiger partial charge in [-0.15, -0.1) is 0 Å². The van der Waals surface area contributed by atoms with Crippen LogP contribution in [0.15, 0.2) is 41.3 Å². The molecule has 0 aromatic heterocycles. The quantitative estimate of drug-likeness (QED) is 0.853. The average molecular weight is 312 g/mol. The van der Waals surface area contributed by atoms with E-state index in [-0.39, 0.29) is 11.4 Å². The lowest BCUT2D eigenvalue weighted by atomic mass is 10.1. The molecule has 2 aromatic rings. The number of nitrogens with two attached hydrogens (primary N) is 1. The first-order valence-corrected chi connectivity index (χ1v) is 7.68. The molecule has 7 heteroatoms. The zero-order valence-electron chi connectivity index (χ0n) is 11.2. The van der Waals surface area contributed by atoms with Crippen molar-refractivity contribution in [2.24, 2.45) is 0 Å². The second-order valence-corrected chi connectivity index (χ2v) is 6.05. The predicted molar refractivity (Wildman–Crippen MR) is 77.4 cm³/mol. The first kappa shape index (κ1) is 15.2. The van der Waals surface area contributed by atoms with E-state index in [2.05, 4.69) is 4.72 Å². The lowest BCUT2D eigenvalue weighted by Gasteiger charge is -2.13. The number of benzene rings is 2. The molecule has 0 saturated carbocycles. The molecule has 0 aliphatic rings. The molecule has 2 rings (SSSR count). The molecule has 0 spiro atoms. The van der Waals surface area contributed by atoms with Crippen molar-refractivity contribution >= 4 is 21.4 Å². The number of sulfonamides is 1. The van der Waals surface area contributed by atoms with E-state index >= 15 is 0 Å². The normalized spacial score (nSPS) is 11.4. The van der Waals surface area contributed by atoms with Crippen molar-refractivity contribution in [2.45, 2.75) is 18.2 Å². The smallest absolute Gasteiger partial charge is 0.267 e. The van der Waals surface area contributed by atoms with Gasteiger partial charge in [0.05, 0.1) is 5.69 Å². The van der Waals surface area contributed by atoms with Gasteiger partial charge in [-0.1, -0.05) is 25.1 Å². The van der Waals surface area contributed by atoms with Crippen LogP contribution >= 0.6 is 0 Å². The van der Waals surface area contributed by atoms with Gasteiger partial charge >= 0.3 is 0 Å². The van der Waals surface area contributed by atoms with Crippen molar-refractivity contribution < 1.29 is 17.2 Å². The minimum atomic E-state index is -4.38. The molecule has 112 valence electrons. The summed E-state index contributed by atoms with van der Waals surface area (Å²) < 4.78 is 54.1. The second kappa shape index (κ2) is 5.69. The molecule has 0 saturated heterocycles. The lowest BCUT2D eigenvalue weighted by Crippen LogP contribution is -2.17. The Morgan fingerprint density at radius 3 is 2.29 bits per heavy atom. The number of halogens is 2. The third kappa shape index (κ3) is 3.13. The van der Waals surface area contributed by atoms with Gasteiger partial charge in [0, 0.05) is 5.69 Å². The van der Waals surface area contributed by atoms with Crippen LogP contribution in [-0.2, 0) is 16.4 Å². The topological polar surface area (TPSA) is 72.2 Å². The van der Waals surface area contributed by atoms with Gasteiger partial charge in [0.15, 0.2) is 4.90 Å². The van der Waals surface area contributed by atoms with Crippen molar-refractivity contribution in [3.63, 3.8) is 0 Å². The maximum atomic E-state index is 13.8. The third-order valence-corrected chi connectivity index (χ3v) is 4.35. The Morgan fingerprint density at radius 2 is 1.71 bits per heavy atom. The summed E-state index contributed by atoms with van der Waals surface area (Å²) in [5, 5.41) is 0. The van der Waals surface area contributed by atoms with Crippen molar-refractivity contribution in [3.8, 4) is 0 Å². The van der Waals surface area contributed by atoms with E-state index in [4.69, 9.17) is 5.73 Å². The summed E-state index contributed by atoms with van der Waals surface area (Å²) in [5.41, 5.74) is 6.10. The van der Waals surface area contributed by atoms with Crippen LogP contribution in [0.4, 0.5) is 20.2 Å². The van der Waals surface area contributed by atoms with E-state index in [0.717, 1.165) is 17.7 Å². The molecule has 0 amide bonds. The Morgan fingerprint density at radius 1 is 1.14 bits per heavy atom. The number of para-hydroxylation sites is 1. The zero-order chi connectivity index (χ0) is 15.6. The van der Waals surface area contributed by atoms with Crippen molar-refractivity contribution in [1.29, 1.82) is 0 Å². The minimum Gasteiger partial charge on any atom is -0.399 e. The molecule has 0 fully saturated rings. The molecule has 0 unspecified atom stereocenters. The van der Waals surface area contributed by atoms with Gasteiger partial charge in [-0.25, -0.2) is 17.2 Å². The highest BCUT2D eigenvalue weighted by Crippen LogP contribution is 2.25. The Kier molecular flexibility index (Phi) is 4.13. The molecule has 0 heterocycles. The Hall–Kier alpha value is -2.15. The van der Waals surface area contributed by atoms with Gasteiger partial charge in [0.2, 0.25) is 0 Å². The summed E-state index contributed by atoms with van der Waals surface area (Å²) in [6.45, 7) is 1.84. The lowest BCUT2D eigenvalue weighted by molar-refractivity contribution is 0.522. The van der Waals surface area contributed by atoms with Crippen LogP contribution < -0.4 is 10.5 Å². The van der Waals surface area contributed by atoms with E-state index in [1.807, 2.05) is 6.92 Å². The van der Waals surface area contributed by atoms with Crippen molar-refractivity contribution in [2.75, 3.05) is 10.5 Å². The predicted octanol–water partition coefficient (Wildman–Crippen LogP) is 2.91. The van der Waals surface area contributed by atoms with E-state index in [1.165, 1.54) is 6.07 Å². The number of anilines is 2. The first-order valence-electron chi connectivity index (χ1n) is 6.20. The van der Waals surface area contributed by atoms with Gasteiger partial charge in [-0.05, 0) is 30.2 Å². The van der Waals surface area contributed by atoms with Crippen molar-refractivity contribution in [1.82, 2.24) is 0 Å². The van der Waals surface area contributed by atoms with E-state index < -0.39 is 26.6 Å². The summed E-state index contributed by atoms with van der Waals surface area (Å²) in [6, 6.07) is 8.18. The third-order valence-electron chi connectivity index (χ3n) is 2.93. The molecular weight excluding hydrogens is 298 g/mol. The van der Waals surface area contributed by atoms with Crippen LogP contribution in [0.3, 0.4) is 0 Å². The summed E-state index contributed by atoms with van der Waals surface area (Å²) in [4.78, 5) is -1.04. The van der Waals surface area contributed by atoms with Crippen LogP contribution in [-0.4, -0.2) is 8.42 Å². The highest BCUT2D eigenvalue weighted by molar-refractivity contribution is 7.92. The first-order chi connectivity index (χ1) is 9.85. The fraction of sp³-hybridized carbons (Fsp3) is 0.143. The SMILES string of the molecule is CCc1ccccc1NS(=O)(=O)c1c(F)cc(N)cc1F. The van der Waals surface area contributed by atoms with Gasteiger partial charge in [0.1, 0.15) is 11.6 Å². The molecule has 0 bridgehead atoms.